The minimum absolute atomic E-state index is 0.0998. The van der Waals surface area contributed by atoms with Crippen LogP contribution in [0.5, 0.6) is 5.75 Å². The summed E-state index contributed by atoms with van der Waals surface area (Å²) in [5.74, 6) is 1.15. The molecule has 7 heteroatoms. The van der Waals surface area contributed by atoms with Gasteiger partial charge in [-0.05, 0) is 30.3 Å². The highest BCUT2D eigenvalue weighted by Crippen LogP contribution is 2.26. The van der Waals surface area contributed by atoms with Gasteiger partial charge in [0.1, 0.15) is 11.5 Å². The van der Waals surface area contributed by atoms with Crippen molar-refractivity contribution in [2.24, 2.45) is 0 Å². The van der Waals surface area contributed by atoms with E-state index in [2.05, 4.69) is 4.72 Å². The number of sulfonamides is 1. The van der Waals surface area contributed by atoms with Crippen LogP contribution in [-0.4, -0.2) is 22.1 Å². The van der Waals surface area contributed by atoms with Gasteiger partial charge in [-0.1, -0.05) is 11.6 Å². The third kappa shape index (κ3) is 3.53. The molecule has 2 rings (SSSR count). The molecule has 1 aromatic carbocycles. The molecule has 0 saturated heterocycles. The van der Waals surface area contributed by atoms with Crippen molar-refractivity contribution in [2.45, 2.75) is 11.3 Å². The Hall–Kier alpha value is -1.50. The van der Waals surface area contributed by atoms with E-state index in [1.165, 1.54) is 25.3 Å². The molecule has 0 atom stereocenters. The van der Waals surface area contributed by atoms with Crippen LogP contribution in [0.2, 0.25) is 5.02 Å². The minimum Gasteiger partial charge on any atom is -0.495 e. The van der Waals surface area contributed by atoms with Crippen LogP contribution in [0.4, 0.5) is 0 Å². The van der Waals surface area contributed by atoms with E-state index in [0.717, 1.165) is 5.76 Å². The van der Waals surface area contributed by atoms with Gasteiger partial charge in [0.15, 0.2) is 0 Å². The van der Waals surface area contributed by atoms with Crippen molar-refractivity contribution < 1.29 is 17.6 Å². The normalized spacial score (nSPS) is 11.5. The molecule has 20 heavy (non-hydrogen) atoms. The fourth-order valence-electron chi connectivity index (χ4n) is 1.66. The lowest BCUT2D eigenvalue weighted by Crippen LogP contribution is -2.25. The Kier molecular flexibility index (Phi) is 4.69. The number of furan rings is 1. The number of halogens is 1. The summed E-state index contributed by atoms with van der Waals surface area (Å²) in [6, 6.07) is 7.87. The molecule has 0 fully saturated rings. The molecule has 0 aliphatic heterocycles. The number of hydrogen-bond donors (Lipinski definition) is 1. The maximum atomic E-state index is 12.1. The Morgan fingerprint density at radius 2 is 2.15 bits per heavy atom. The summed E-state index contributed by atoms with van der Waals surface area (Å²) in [4.78, 5) is 0.0998. The lowest BCUT2D eigenvalue weighted by atomic mass is 10.3. The fourth-order valence-corrected chi connectivity index (χ4v) is 3.04. The summed E-state index contributed by atoms with van der Waals surface area (Å²) >= 11 is 5.92. The highest BCUT2D eigenvalue weighted by Gasteiger charge is 2.15. The first-order valence-electron chi connectivity index (χ1n) is 5.88. The van der Waals surface area contributed by atoms with Crippen LogP contribution in [-0.2, 0) is 16.4 Å². The molecular weight excluding hydrogens is 302 g/mol. The van der Waals surface area contributed by atoms with Crippen LogP contribution < -0.4 is 9.46 Å². The van der Waals surface area contributed by atoms with E-state index >= 15 is 0 Å². The van der Waals surface area contributed by atoms with Gasteiger partial charge < -0.3 is 9.15 Å². The summed E-state index contributed by atoms with van der Waals surface area (Å²) in [6.07, 6.45) is 2.03. The highest BCUT2D eigenvalue weighted by molar-refractivity contribution is 7.89. The predicted molar refractivity (Wildman–Crippen MR) is 75.6 cm³/mol. The zero-order valence-electron chi connectivity index (χ0n) is 10.8. The Labute approximate surface area is 122 Å². The highest BCUT2D eigenvalue weighted by atomic mass is 35.5. The first kappa shape index (κ1) is 14.9. The number of ether oxygens (including phenoxy) is 1. The van der Waals surface area contributed by atoms with Crippen molar-refractivity contribution >= 4 is 21.6 Å². The van der Waals surface area contributed by atoms with Crippen molar-refractivity contribution in [2.75, 3.05) is 13.7 Å². The topological polar surface area (TPSA) is 68.5 Å². The molecule has 1 aromatic heterocycles. The molecule has 0 amide bonds. The van der Waals surface area contributed by atoms with Gasteiger partial charge in [-0.3, -0.25) is 0 Å². The Balaban J connectivity index is 2.04. The van der Waals surface area contributed by atoms with Crippen molar-refractivity contribution in [1.29, 1.82) is 0 Å². The average Bonchev–Trinajstić information content (AvgIpc) is 2.91. The first-order chi connectivity index (χ1) is 9.53. The van der Waals surface area contributed by atoms with Crippen LogP contribution in [0.3, 0.4) is 0 Å². The van der Waals surface area contributed by atoms with Gasteiger partial charge in [0.25, 0.3) is 0 Å². The molecule has 0 bridgehead atoms. The first-order valence-corrected chi connectivity index (χ1v) is 7.74. The third-order valence-electron chi connectivity index (χ3n) is 2.68. The zero-order valence-corrected chi connectivity index (χ0v) is 12.4. The fraction of sp³-hybridized carbons (Fsp3) is 0.231. The molecule has 0 aliphatic carbocycles. The van der Waals surface area contributed by atoms with Gasteiger partial charge in [-0.25, -0.2) is 13.1 Å². The minimum atomic E-state index is -3.59. The molecular formula is C13H14ClNO4S. The monoisotopic (exact) mass is 315 g/mol. The lowest BCUT2D eigenvalue weighted by molar-refractivity contribution is 0.414. The van der Waals surface area contributed by atoms with E-state index in [4.69, 9.17) is 20.8 Å². The van der Waals surface area contributed by atoms with Crippen LogP contribution in [0.15, 0.2) is 45.9 Å². The van der Waals surface area contributed by atoms with Crippen molar-refractivity contribution in [3.63, 3.8) is 0 Å². The van der Waals surface area contributed by atoms with Crippen LogP contribution in [0.25, 0.3) is 0 Å². The summed E-state index contributed by atoms with van der Waals surface area (Å²) < 4.78 is 36.7. The second-order valence-electron chi connectivity index (χ2n) is 4.02. The van der Waals surface area contributed by atoms with E-state index in [9.17, 15) is 8.42 Å². The summed E-state index contributed by atoms with van der Waals surface area (Å²) in [5, 5.41) is 0.251. The van der Waals surface area contributed by atoms with Crippen molar-refractivity contribution in [3.8, 4) is 5.75 Å². The maximum Gasteiger partial charge on any atom is 0.240 e. The standard InChI is InChI=1S/C13H14ClNO4S/c1-18-13-5-4-11(9-12(13)14)20(16,17)15-7-6-10-3-2-8-19-10/h2-5,8-9,15H,6-7H2,1H3. The van der Waals surface area contributed by atoms with Gasteiger partial charge in [-0.2, -0.15) is 0 Å². The number of hydrogen-bond acceptors (Lipinski definition) is 4. The number of rotatable bonds is 6. The molecule has 1 N–H and O–H groups in total. The predicted octanol–water partition coefficient (Wildman–Crippen LogP) is 2.46. The summed E-state index contributed by atoms with van der Waals surface area (Å²) in [7, 11) is -2.12. The van der Waals surface area contributed by atoms with E-state index in [0.29, 0.717) is 12.2 Å². The second-order valence-corrected chi connectivity index (χ2v) is 6.20. The largest absolute Gasteiger partial charge is 0.495 e. The number of nitrogens with one attached hydrogen (secondary N) is 1. The molecule has 0 spiro atoms. The third-order valence-corrected chi connectivity index (χ3v) is 4.43. The van der Waals surface area contributed by atoms with E-state index in [1.807, 2.05) is 0 Å². The lowest BCUT2D eigenvalue weighted by Gasteiger charge is -2.08. The zero-order chi connectivity index (χ0) is 14.6. The summed E-state index contributed by atoms with van der Waals surface area (Å²) in [5.41, 5.74) is 0. The number of methoxy groups -OCH3 is 1. The van der Waals surface area contributed by atoms with Crippen LogP contribution >= 0.6 is 11.6 Å². The Morgan fingerprint density at radius 3 is 2.75 bits per heavy atom. The van der Waals surface area contributed by atoms with Gasteiger partial charge in [0.2, 0.25) is 10.0 Å². The van der Waals surface area contributed by atoms with Crippen LogP contribution in [0.1, 0.15) is 5.76 Å². The molecule has 0 unspecified atom stereocenters. The molecule has 108 valence electrons. The molecule has 2 aromatic rings. The van der Waals surface area contributed by atoms with Crippen molar-refractivity contribution in [3.05, 3.63) is 47.4 Å². The second kappa shape index (κ2) is 6.30. The smallest absolute Gasteiger partial charge is 0.240 e. The summed E-state index contributed by atoms with van der Waals surface area (Å²) in [6.45, 7) is 0.249. The Morgan fingerprint density at radius 1 is 1.35 bits per heavy atom. The SMILES string of the molecule is COc1ccc(S(=O)(=O)NCCc2ccco2)cc1Cl. The van der Waals surface area contributed by atoms with Gasteiger partial charge >= 0.3 is 0 Å². The van der Waals surface area contributed by atoms with Crippen molar-refractivity contribution in [1.82, 2.24) is 4.72 Å². The molecule has 0 saturated carbocycles. The molecule has 0 aliphatic rings. The maximum absolute atomic E-state index is 12.1. The quantitative estimate of drug-likeness (QED) is 0.889. The number of benzene rings is 1. The van der Waals surface area contributed by atoms with E-state index < -0.39 is 10.0 Å². The van der Waals surface area contributed by atoms with E-state index in [-0.39, 0.29) is 16.5 Å². The van der Waals surface area contributed by atoms with E-state index in [1.54, 1.807) is 18.4 Å². The van der Waals surface area contributed by atoms with Crippen LogP contribution in [0, 0.1) is 0 Å². The molecule has 5 nitrogen and oxygen atoms in total. The average molecular weight is 316 g/mol. The molecule has 0 radical (unpaired) electrons. The van der Waals surface area contributed by atoms with Gasteiger partial charge in [0, 0.05) is 13.0 Å². The van der Waals surface area contributed by atoms with Gasteiger partial charge in [0.05, 0.1) is 23.3 Å². The molecule has 1 heterocycles. The Bertz CT molecular complexity index is 668. The van der Waals surface area contributed by atoms with Gasteiger partial charge in [-0.15, -0.1) is 0 Å².